The Morgan fingerprint density at radius 3 is 1.34 bits per heavy atom. The third-order valence-corrected chi connectivity index (χ3v) is 9.06. The first kappa shape index (κ1) is 17.8. The number of carbonyl (C=O) groups is 1. The van der Waals surface area contributed by atoms with E-state index in [1.165, 1.54) is 0 Å². The molecule has 1 aliphatic carbocycles. The molecule has 0 aromatic heterocycles. The van der Waals surface area contributed by atoms with E-state index in [2.05, 4.69) is 0 Å². The van der Waals surface area contributed by atoms with Crippen LogP contribution in [0, 0.1) is 0 Å². The summed E-state index contributed by atoms with van der Waals surface area (Å²) < 4.78 is 15.1. The fourth-order valence-electron chi connectivity index (χ4n) is 4.33. The summed E-state index contributed by atoms with van der Waals surface area (Å²) in [5, 5.41) is 1.60. The van der Waals surface area contributed by atoms with E-state index in [1.54, 1.807) is 0 Å². The van der Waals surface area contributed by atoms with Crippen molar-refractivity contribution in [2.75, 3.05) is 0 Å². The standard InChI is InChI=1S/C26H19O2P/c27-25-21-15-7-9-17-23(21)26(24-18-10-8-16-22(24)25)29(28,19-11-3-1-4-12-19)20-13-5-2-6-14-20/h1-18,26H. The normalized spacial score (nSPS) is 13.6. The quantitative estimate of drug-likeness (QED) is 0.440. The molecule has 0 amide bonds. The summed E-state index contributed by atoms with van der Waals surface area (Å²) in [6.45, 7) is 0. The molecule has 0 bridgehead atoms. The molecule has 0 N–H and O–H groups in total. The summed E-state index contributed by atoms with van der Waals surface area (Å²) in [4.78, 5) is 13.2. The largest absolute Gasteiger partial charge is 0.313 e. The molecule has 0 spiro atoms. The Labute approximate surface area is 170 Å². The molecule has 0 saturated carbocycles. The van der Waals surface area contributed by atoms with Gasteiger partial charge in [-0.15, -0.1) is 0 Å². The zero-order valence-corrected chi connectivity index (χ0v) is 16.6. The third kappa shape index (κ3) is 2.72. The number of hydrogen-bond donors (Lipinski definition) is 0. The van der Waals surface area contributed by atoms with E-state index in [9.17, 15) is 4.79 Å². The molecule has 4 aromatic carbocycles. The molecule has 0 fully saturated rings. The number of benzene rings is 4. The first-order valence-corrected chi connectivity index (χ1v) is 11.4. The van der Waals surface area contributed by atoms with E-state index in [-0.39, 0.29) is 5.78 Å². The molecule has 5 rings (SSSR count). The van der Waals surface area contributed by atoms with Crippen LogP contribution >= 0.6 is 7.14 Å². The van der Waals surface area contributed by atoms with E-state index in [4.69, 9.17) is 0 Å². The van der Waals surface area contributed by atoms with Crippen molar-refractivity contribution in [1.82, 2.24) is 0 Å². The molecule has 0 saturated heterocycles. The Bertz CT molecular complexity index is 1150. The van der Waals surface area contributed by atoms with Gasteiger partial charge in [0.15, 0.2) is 12.9 Å². The number of rotatable bonds is 3. The Morgan fingerprint density at radius 1 is 0.517 bits per heavy atom. The smallest absolute Gasteiger partial charge is 0.193 e. The SMILES string of the molecule is O=C1c2ccccc2C(P(=O)(c2ccccc2)c2ccccc2)c2ccccc21. The van der Waals surface area contributed by atoms with Crippen molar-refractivity contribution < 1.29 is 9.36 Å². The van der Waals surface area contributed by atoms with Crippen molar-refractivity contribution in [2.24, 2.45) is 0 Å². The van der Waals surface area contributed by atoms with Gasteiger partial charge in [0.2, 0.25) is 0 Å². The summed E-state index contributed by atoms with van der Waals surface area (Å²) in [5.41, 5.74) is 2.56. The fraction of sp³-hybridized carbons (Fsp3) is 0.0385. The van der Waals surface area contributed by atoms with Crippen LogP contribution in [0.3, 0.4) is 0 Å². The highest BCUT2D eigenvalue weighted by Crippen LogP contribution is 2.62. The second-order valence-electron chi connectivity index (χ2n) is 7.24. The third-order valence-electron chi connectivity index (χ3n) is 5.64. The zero-order valence-electron chi connectivity index (χ0n) is 15.7. The van der Waals surface area contributed by atoms with Gasteiger partial charge in [-0.25, -0.2) is 0 Å². The summed E-state index contributed by atoms with van der Waals surface area (Å²) >= 11 is 0. The second-order valence-corrected chi connectivity index (χ2v) is 10.1. The van der Waals surface area contributed by atoms with Crippen LogP contribution in [0.4, 0.5) is 0 Å². The number of hydrogen-bond acceptors (Lipinski definition) is 2. The van der Waals surface area contributed by atoms with E-state index in [0.717, 1.165) is 21.7 Å². The monoisotopic (exact) mass is 394 g/mol. The second kappa shape index (κ2) is 6.99. The lowest BCUT2D eigenvalue weighted by molar-refractivity contribution is 0.103. The van der Waals surface area contributed by atoms with Gasteiger partial charge in [0, 0.05) is 21.7 Å². The number of fused-ring (bicyclic) bond motifs is 2. The summed E-state index contributed by atoms with van der Waals surface area (Å²) in [6.07, 6.45) is 0. The van der Waals surface area contributed by atoms with Crippen molar-refractivity contribution in [2.45, 2.75) is 5.66 Å². The van der Waals surface area contributed by atoms with Gasteiger partial charge in [0.1, 0.15) is 0 Å². The lowest BCUT2D eigenvalue weighted by Gasteiger charge is -2.34. The fourth-order valence-corrected chi connectivity index (χ4v) is 7.69. The highest BCUT2D eigenvalue weighted by Gasteiger charge is 2.44. The van der Waals surface area contributed by atoms with Gasteiger partial charge in [0.05, 0.1) is 5.66 Å². The Kier molecular flexibility index (Phi) is 4.30. The predicted octanol–water partition coefficient (Wildman–Crippen LogP) is 5.33. The molecule has 0 radical (unpaired) electrons. The van der Waals surface area contributed by atoms with Gasteiger partial charge in [-0.1, -0.05) is 109 Å². The van der Waals surface area contributed by atoms with Crippen LogP contribution in [-0.2, 0) is 4.57 Å². The molecule has 29 heavy (non-hydrogen) atoms. The van der Waals surface area contributed by atoms with Crippen LogP contribution < -0.4 is 10.6 Å². The van der Waals surface area contributed by atoms with Gasteiger partial charge in [-0.05, 0) is 11.1 Å². The molecule has 140 valence electrons. The zero-order chi connectivity index (χ0) is 19.8. The van der Waals surface area contributed by atoms with Gasteiger partial charge in [0.25, 0.3) is 0 Å². The molecule has 0 heterocycles. The van der Waals surface area contributed by atoms with Gasteiger partial charge >= 0.3 is 0 Å². The van der Waals surface area contributed by atoms with E-state index < -0.39 is 12.8 Å². The van der Waals surface area contributed by atoms with Crippen molar-refractivity contribution in [1.29, 1.82) is 0 Å². The highest BCUT2D eigenvalue weighted by molar-refractivity contribution is 7.79. The van der Waals surface area contributed by atoms with Crippen LogP contribution in [0.5, 0.6) is 0 Å². The van der Waals surface area contributed by atoms with Gasteiger partial charge in [-0.3, -0.25) is 4.79 Å². The van der Waals surface area contributed by atoms with Gasteiger partial charge in [-0.2, -0.15) is 0 Å². The average molecular weight is 394 g/mol. The van der Waals surface area contributed by atoms with Crippen LogP contribution in [-0.4, -0.2) is 5.78 Å². The number of ketones is 1. The molecule has 0 unspecified atom stereocenters. The Hall–Kier alpha value is -3.22. The van der Waals surface area contributed by atoms with Crippen LogP contribution in [0.25, 0.3) is 0 Å². The van der Waals surface area contributed by atoms with Crippen LogP contribution in [0.1, 0.15) is 32.7 Å². The minimum Gasteiger partial charge on any atom is -0.313 e. The molecule has 1 aliphatic rings. The van der Waals surface area contributed by atoms with Gasteiger partial charge < -0.3 is 4.57 Å². The summed E-state index contributed by atoms with van der Waals surface area (Å²) in [6, 6.07) is 34.5. The lowest BCUT2D eigenvalue weighted by Crippen LogP contribution is -2.27. The topological polar surface area (TPSA) is 34.1 Å². The molecular weight excluding hydrogens is 375 g/mol. The molecule has 0 aliphatic heterocycles. The van der Waals surface area contributed by atoms with Crippen LogP contribution in [0.2, 0.25) is 0 Å². The van der Waals surface area contributed by atoms with E-state index in [0.29, 0.717) is 11.1 Å². The predicted molar refractivity (Wildman–Crippen MR) is 118 cm³/mol. The Morgan fingerprint density at radius 2 is 0.897 bits per heavy atom. The molecular formula is C26H19O2P. The maximum Gasteiger partial charge on any atom is 0.193 e. The molecule has 3 heteroatoms. The minimum absolute atomic E-state index is 0.000114. The van der Waals surface area contributed by atoms with E-state index in [1.807, 2.05) is 109 Å². The first-order chi connectivity index (χ1) is 14.2. The lowest BCUT2D eigenvalue weighted by atomic mass is 9.85. The maximum absolute atomic E-state index is 15.1. The summed E-state index contributed by atoms with van der Waals surface area (Å²) in [7, 11) is -3.14. The molecule has 0 atom stereocenters. The van der Waals surface area contributed by atoms with Crippen molar-refractivity contribution >= 4 is 23.5 Å². The van der Waals surface area contributed by atoms with Crippen LogP contribution in [0.15, 0.2) is 109 Å². The molecule has 4 aromatic rings. The van der Waals surface area contributed by atoms with Crippen molar-refractivity contribution in [3.05, 3.63) is 131 Å². The van der Waals surface area contributed by atoms with Crippen molar-refractivity contribution in [3.8, 4) is 0 Å². The molecule has 2 nitrogen and oxygen atoms in total. The average Bonchev–Trinajstić information content (AvgIpc) is 2.80. The maximum atomic E-state index is 15.1. The summed E-state index contributed by atoms with van der Waals surface area (Å²) in [5.74, 6) is 0.000114. The Balaban J connectivity index is 1.88. The highest BCUT2D eigenvalue weighted by atomic mass is 31.2. The first-order valence-electron chi connectivity index (χ1n) is 9.65. The van der Waals surface area contributed by atoms with E-state index >= 15 is 4.57 Å². The minimum atomic E-state index is -3.14. The number of carbonyl (C=O) groups excluding carboxylic acids is 1. The van der Waals surface area contributed by atoms with Crippen molar-refractivity contribution in [3.63, 3.8) is 0 Å².